The maximum Gasteiger partial charge on any atom is 0.265 e. The Morgan fingerprint density at radius 2 is 2.22 bits per heavy atom. The maximum atomic E-state index is 11.8. The Balaban J connectivity index is 2.31. The van der Waals surface area contributed by atoms with E-state index in [1.165, 1.54) is 9.80 Å². The molecule has 1 aliphatic rings. The molecule has 2 amide bonds. The minimum Gasteiger partial charge on any atom is -0.482 e. The summed E-state index contributed by atoms with van der Waals surface area (Å²) in [6, 6.07) is 4.98. The quantitative estimate of drug-likeness (QED) is 0.809. The Hall–Kier alpha value is -1.75. The number of fused-ring (bicyclic) bond motifs is 1. The van der Waals surface area contributed by atoms with Crippen molar-refractivity contribution in [3.8, 4) is 5.75 Å². The van der Waals surface area contributed by atoms with Crippen LogP contribution in [0.2, 0.25) is 5.02 Å². The fraction of sp³-hybridized carbons (Fsp3) is 0.333. The van der Waals surface area contributed by atoms with Crippen LogP contribution in [-0.2, 0) is 9.59 Å². The van der Waals surface area contributed by atoms with E-state index >= 15 is 0 Å². The zero-order valence-electron chi connectivity index (χ0n) is 10.1. The normalized spacial score (nSPS) is 13.9. The molecular formula is C12H13ClN2O3. The standard InChI is InChI=1S/C12H13ClN2O3/c1-14(2)11(16)6-15-9-4-3-8(13)5-10(9)18-7-12(15)17/h3-5H,6-7H2,1-2H3. The lowest BCUT2D eigenvalue weighted by atomic mass is 10.2. The van der Waals surface area contributed by atoms with E-state index < -0.39 is 0 Å². The number of ether oxygens (including phenoxy) is 1. The molecule has 0 spiro atoms. The first-order valence-electron chi connectivity index (χ1n) is 5.42. The number of hydrogen-bond donors (Lipinski definition) is 0. The number of hydrogen-bond acceptors (Lipinski definition) is 3. The van der Waals surface area contributed by atoms with E-state index in [2.05, 4.69) is 0 Å². The van der Waals surface area contributed by atoms with Crippen LogP contribution in [-0.4, -0.2) is 44.0 Å². The van der Waals surface area contributed by atoms with Crippen molar-refractivity contribution in [1.29, 1.82) is 0 Å². The summed E-state index contributed by atoms with van der Waals surface area (Å²) in [6.45, 7) is -0.0716. The minimum atomic E-state index is -0.236. The van der Waals surface area contributed by atoms with Gasteiger partial charge in [0.25, 0.3) is 5.91 Å². The topological polar surface area (TPSA) is 49.9 Å². The Labute approximate surface area is 110 Å². The Morgan fingerprint density at radius 3 is 2.89 bits per heavy atom. The van der Waals surface area contributed by atoms with Crippen LogP contribution < -0.4 is 9.64 Å². The summed E-state index contributed by atoms with van der Waals surface area (Å²) in [5.74, 6) is 0.139. The van der Waals surface area contributed by atoms with E-state index in [4.69, 9.17) is 16.3 Å². The van der Waals surface area contributed by atoms with Gasteiger partial charge < -0.3 is 9.64 Å². The molecule has 0 aromatic heterocycles. The van der Waals surface area contributed by atoms with Crippen LogP contribution in [0.15, 0.2) is 18.2 Å². The fourth-order valence-corrected chi connectivity index (χ4v) is 1.79. The maximum absolute atomic E-state index is 11.8. The molecule has 0 bridgehead atoms. The average molecular weight is 269 g/mol. The zero-order chi connectivity index (χ0) is 13.3. The second-order valence-electron chi connectivity index (χ2n) is 4.17. The summed E-state index contributed by atoms with van der Waals surface area (Å²) in [5.41, 5.74) is 0.575. The number of rotatable bonds is 2. The average Bonchev–Trinajstić information content (AvgIpc) is 2.32. The Bertz CT molecular complexity index is 502. The van der Waals surface area contributed by atoms with Crippen molar-refractivity contribution in [1.82, 2.24) is 4.90 Å². The van der Waals surface area contributed by atoms with Gasteiger partial charge in [0, 0.05) is 25.2 Å². The highest BCUT2D eigenvalue weighted by Gasteiger charge is 2.27. The summed E-state index contributed by atoms with van der Waals surface area (Å²) >= 11 is 5.86. The number of amides is 2. The van der Waals surface area contributed by atoms with Crippen LogP contribution in [0.5, 0.6) is 5.75 Å². The molecule has 0 N–H and O–H groups in total. The molecule has 1 aliphatic heterocycles. The lowest BCUT2D eigenvalue weighted by Crippen LogP contribution is -2.44. The van der Waals surface area contributed by atoms with Crippen molar-refractivity contribution in [2.45, 2.75) is 0 Å². The van der Waals surface area contributed by atoms with Gasteiger partial charge in [0.05, 0.1) is 5.69 Å². The van der Waals surface area contributed by atoms with Crippen molar-refractivity contribution in [2.24, 2.45) is 0 Å². The minimum absolute atomic E-state index is 0.00380. The van der Waals surface area contributed by atoms with Crippen LogP contribution in [0, 0.1) is 0 Å². The molecule has 1 aromatic rings. The Morgan fingerprint density at radius 1 is 1.50 bits per heavy atom. The summed E-state index contributed by atoms with van der Waals surface area (Å²) in [6.07, 6.45) is 0. The van der Waals surface area contributed by atoms with Gasteiger partial charge in [0.2, 0.25) is 5.91 Å². The molecule has 0 saturated heterocycles. The van der Waals surface area contributed by atoms with Gasteiger partial charge in [-0.25, -0.2) is 0 Å². The van der Waals surface area contributed by atoms with Gasteiger partial charge in [0.1, 0.15) is 12.3 Å². The predicted octanol–water partition coefficient (Wildman–Crippen LogP) is 1.15. The molecule has 0 fully saturated rings. The van der Waals surface area contributed by atoms with E-state index in [1.807, 2.05) is 0 Å². The number of likely N-dealkylation sites (N-methyl/N-ethyl adjacent to an activating group) is 1. The van der Waals surface area contributed by atoms with Gasteiger partial charge in [-0.3, -0.25) is 14.5 Å². The summed E-state index contributed by atoms with van der Waals surface area (Å²) in [5, 5.41) is 0.530. The number of carbonyl (C=O) groups is 2. The van der Waals surface area contributed by atoms with E-state index in [0.717, 1.165) is 0 Å². The fourth-order valence-electron chi connectivity index (χ4n) is 1.63. The lowest BCUT2D eigenvalue weighted by molar-refractivity contribution is -0.130. The monoisotopic (exact) mass is 268 g/mol. The molecule has 6 heteroatoms. The first-order chi connectivity index (χ1) is 8.49. The third kappa shape index (κ3) is 2.41. The number of carbonyl (C=O) groups excluding carboxylic acids is 2. The second kappa shape index (κ2) is 4.86. The molecule has 0 atom stereocenters. The van der Waals surface area contributed by atoms with Crippen molar-refractivity contribution in [2.75, 3.05) is 32.1 Å². The molecule has 1 heterocycles. The third-order valence-corrected chi connectivity index (χ3v) is 2.89. The van der Waals surface area contributed by atoms with Crippen molar-refractivity contribution in [3.05, 3.63) is 23.2 Å². The smallest absolute Gasteiger partial charge is 0.265 e. The van der Waals surface area contributed by atoms with E-state index in [0.29, 0.717) is 16.5 Å². The molecule has 0 saturated carbocycles. The van der Waals surface area contributed by atoms with E-state index in [-0.39, 0.29) is 25.0 Å². The summed E-state index contributed by atoms with van der Waals surface area (Å²) in [7, 11) is 3.30. The van der Waals surface area contributed by atoms with Crippen molar-refractivity contribution >= 4 is 29.1 Å². The number of halogens is 1. The van der Waals surface area contributed by atoms with E-state index in [1.54, 1.807) is 32.3 Å². The first kappa shape index (κ1) is 12.7. The molecular weight excluding hydrogens is 256 g/mol. The van der Waals surface area contributed by atoms with Crippen LogP contribution >= 0.6 is 11.6 Å². The Kier molecular flexibility index (Phi) is 3.43. The lowest BCUT2D eigenvalue weighted by Gasteiger charge is -2.29. The van der Waals surface area contributed by atoms with Gasteiger partial charge in [-0.15, -0.1) is 0 Å². The molecule has 2 rings (SSSR count). The predicted molar refractivity (Wildman–Crippen MR) is 68.0 cm³/mol. The van der Waals surface area contributed by atoms with Crippen LogP contribution in [0.1, 0.15) is 0 Å². The second-order valence-corrected chi connectivity index (χ2v) is 4.61. The molecule has 18 heavy (non-hydrogen) atoms. The first-order valence-corrected chi connectivity index (χ1v) is 5.79. The van der Waals surface area contributed by atoms with Crippen molar-refractivity contribution < 1.29 is 14.3 Å². The van der Waals surface area contributed by atoms with Gasteiger partial charge in [-0.05, 0) is 12.1 Å². The van der Waals surface area contributed by atoms with Crippen LogP contribution in [0.3, 0.4) is 0 Å². The number of anilines is 1. The highest BCUT2D eigenvalue weighted by atomic mass is 35.5. The largest absolute Gasteiger partial charge is 0.482 e. The highest BCUT2D eigenvalue weighted by Crippen LogP contribution is 2.34. The summed E-state index contributed by atoms with van der Waals surface area (Å²) < 4.78 is 5.29. The molecule has 96 valence electrons. The number of benzene rings is 1. The molecule has 0 unspecified atom stereocenters. The SMILES string of the molecule is CN(C)C(=O)CN1C(=O)COc2cc(Cl)ccc21. The highest BCUT2D eigenvalue weighted by molar-refractivity contribution is 6.30. The summed E-state index contributed by atoms with van der Waals surface area (Å²) in [4.78, 5) is 26.4. The van der Waals surface area contributed by atoms with E-state index in [9.17, 15) is 9.59 Å². The van der Waals surface area contributed by atoms with Crippen LogP contribution in [0.4, 0.5) is 5.69 Å². The van der Waals surface area contributed by atoms with Gasteiger partial charge >= 0.3 is 0 Å². The van der Waals surface area contributed by atoms with Gasteiger partial charge in [0.15, 0.2) is 6.61 Å². The number of nitrogens with zero attached hydrogens (tertiary/aromatic N) is 2. The molecule has 5 nitrogen and oxygen atoms in total. The van der Waals surface area contributed by atoms with Gasteiger partial charge in [-0.2, -0.15) is 0 Å². The van der Waals surface area contributed by atoms with Gasteiger partial charge in [-0.1, -0.05) is 11.6 Å². The molecule has 0 radical (unpaired) electrons. The van der Waals surface area contributed by atoms with Crippen molar-refractivity contribution in [3.63, 3.8) is 0 Å². The molecule has 1 aromatic carbocycles. The van der Waals surface area contributed by atoms with Crippen LogP contribution in [0.25, 0.3) is 0 Å². The molecule has 0 aliphatic carbocycles. The third-order valence-electron chi connectivity index (χ3n) is 2.66. The zero-order valence-corrected chi connectivity index (χ0v) is 10.9.